The number of amides is 1. The largest absolute Gasteiger partial charge is 0.494 e. The fraction of sp³-hybridized carbons (Fsp3) is 0.478. The Morgan fingerprint density at radius 2 is 1.82 bits per heavy atom. The van der Waals surface area contributed by atoms with Crippen LogP contribution in [0.4, 0.5) is 5.82 Å². The van der Waals surface area contributed by atoms with Crippen LogP contribution in [0.1, 0.15) is 23.7 Å². The fourth-order valence-electron chi connectivity index (χ4n) is 3.91. The number of carbonyl (C=O) groups excluding carboxylic acids is 1. The summed E-state index contributed by atoms with van der Waals surface area (Å²) in [5.74, 6) is 1.40. The van der Waals surface area contributed by atoms with Crippen molar-refractivity contribution in [1.29, 1.82) is 0 Å². The Hall–Kier alpha value is -2.69. The number of hydrogen-bond acceptors (Lipinski definition) is 7. The zero-order valence-corrected chi connectivity index (χ0v) is 19.7. The Morgan fingerprint density at radius 3 is 2.48 bits per heavy atom. The van der Waals surface area contributed by atoms with Gasteiger partial charge in [0.25, 0.3) is 5.91 Å². The predicted molar refractivity (Wildman–Crippen MR) is 124 cm³/mol. The summed E-state index contributed by atoms with van der Waals surface area (Å²) in [5, 5.41) is 0. The second kappa shape index (κ2) is 10.5. The van der Waals surface area contributed by atoms with Gasteiger partial charge in [0.2, 0.25) is 10.0 Å². The number of nitrogens with zero attached hydrogens (tertiary/aromatic N) is 4. The summed E-state index contributed by atoms with van der Waals surface area (Å²) >= 11 is 0. The smallest absolute Gasteiger partial charge is 0.254 e. The molecule has 33 heavy (non-hydrogen) atoms. The highest BCUT2D eigenvalue weighted by Gasteiger charge is 2.27. The molecule has 178 valence electrons. The lowest BCUT2D eigenvalue weighted by Gasteiger charge is -2.35. The zero-order chi connectivity index (χ0) is 23.3. The van der Waals surface area contributed by atoms with Gasteiger partial charge in [0.15, 0.2) is 0 Å². The van der Waals surface area contributed by atoms with E-state index in [2.05, 4.69) is 9.88 Å². The summed E-state index contributed by atoms with van der Waals surface area (Å²) < 4.78 is 37.9. The molecule has 0 N–H and O–H groups in total. The Balaban J connectivity index is 1.35. The topological polar surface area (TPSA) is 92.3 Å². The lowest BCUT2D eigenvalue weighted by molar-refractivity contribution is 0.0730. The van der Waals surface area contributed by atoms with Crippen LogP contribution in [0.3, 0.4) is 0 Å². The number of hydrogen-bond donors (Lipinski definition) is 0. The number of pyridine rings is 1. The van der Waals surface area contributed by atoms with Crippen LogP contribution in [0.15, 0.2) is 47.5 Å². The molecule has 10 heteroatoms. The maximum absolute atomic E-state index is 12.9. The third-order valence-corrected chi connectivity index (χ3v) is 7.66. The second-order valence-electron chi connectivity index (χ2n) is 8.02. The van der Waals surface area contributed by atoms with Crippen LogP contribution in [0.2, 0.25) is 0 Å². The summed E-state index contributed by atoms with van der Waals surface area (Å²) in [7, 11) is -3.56. The predicted octanol–water partition coefficient (Wildman–Crippen LogP) is 1.85. The molecule has 1 aromatic heterocycles. The Bertz CT molecular complexity index is 1050. The lowest BCUT2D eigenvalue weighted by Crippen LogP contribution is -2.49. The average molecular weight is 475 g/mol. The Labute approximate surface area is 195 Å². The van der Waals surface area contributed by atoms with E-state index < -0.39 is 10.0 Å². The number of anilines is 1. The third-order valence-electron chi connectivity index (χ3n) is 5.77. The lowest BCUT2D eigenvalue weighted by atomic mass is 10.1. The number of morpholine rings is 1. The number of sulfonamides is 1. The van der Waals surface area contributed by atoms with E-state index in [1.807, 2.05) is 30.0 Å². The van der Waals surface area contributed by atoms with Gasteiger partial charge >= 0.3 is 0 Å². The molecule has 9 nitrogen and oxygen atoms in total. The van der Waals surface area contributed by atoms with E-state index >= 15 is 0 Å². The van der Waals surface area contributed by atoms with Gasteiger partial charge in [-0.3, -0.25) is 4.79 Å². The average Bonchev–Trinajstić information content (AvgIpc) is 2.88. The summed E-state index contributed by atoms with van der Waals surface area (Å²) in [5.41, 5.74) is 0.618. The van der Waals surface area contributed by atoms with Gasteiger partial charge in [-0.25, -0.2) is 13.4 Å². The quantitative estimate of drug-likeness (QED) is 0.605. The van der Waals surface area contributed by atoms with E-state index in [1.54, 1.807) is 18.2 Å². The number of piperazine rings is 1. The van der Waals surface area contributed by atoms with Gasteiger partial charge < -0.3 is 19.3 Å². The van der Waals surface area contributed by atoms with Gasteiger partial charge in [-0.05, 0) is 36.8 Å². The monoisotopic (exact) mass is 474 g/mol. The molecule has 0 atom stereocenters. The maximum Gasteiger partial charge on any atom is 0.254 e. The highest BCUT2D eigenvalue weighted by atomic mass is 32.2. The molecule has 0 bridgehead atoms. The molecule has 2 aromatic rings. The van der Waals surface area contributed by atoms with Crippen molar-refractivity contribution in [3.8, 4) is 5.75 Å². The minimum absolute atomic E-state index is 0.0171. The molecule has 0 aliphatic carbocycles. The SMILES string of the molecule is CCCOc1cccc(C(=O)N2CCN(c3ccc(S(=O)(=O)N4CCOCC4)cn3)CC2)c1. The standard InChI is InChI=1S/C23H30N4O5S/c1-2-14-32-20-5-3-4-19(17-20)23(28)26-10-8-25(9-11-26)22-7-6-21(18-24-22)33(29,30)27-12-15-31-16-13-27/h3-7,17-18H,2,8-16H2,1H3. The minimum atomic E-state index is -3.56. The minimum Gasteiger partial charge on any atom is -0.494 e. The summed E-state index contributed by atoms with van der Waals surface area (Å²) in [6.07, 6.45) is 2.33. The molecule has 1 amide bonds. The van der Waals surface area contributed by atoms with Crippen molar-refractivity contribution in [1.82, 2.24) is 14.2 Å². The van der Waals surface area contributed by atoms with Gasteiger partial charge in [-0.2, -0.15) is 4.31 Å². The van der Waals surface area contributed by atoms with Crippen molar-refractivity contribution in [3.63, 3.8) is 0 Å². The molecule has 0 radical (unpaired) electrons. The Kier molecular flexibility index (Phi) is 7.46. The van der Waals surface area contributed by atoms with E-state index in [1.165, 1.54) is 10.5 Å². The number of rotatable bonds is 7. The zero-order valence-electron chi connectivity index (χ0n) is 18.9. The van der Waals surface area contributed by atoms with Crippen LogP contribution in [0.25, 0.3) is 0 Å². The molecule has 0 unspecified atom stereocenters. The van der Waals surface area contributed by atoms with Gasteiger partial charge in [-0.1, -0.05) is 13.0 Å². The van der Waals surface area contributed by atoms with E-state index in [-0.39, 0.29) is 10.8 Å². The van der Waals surface area contributed by atoms with Crippen molar-refractivity contribution in [2.24, 2.45) is 0 Å². The number of ether oxygens (including phenoxy) is 2. The number of carbonyl (C=O) groups is 1. The fourth-order valence-corrected chi connectivity index (χ4v) is 5.26. The Morgan fingerprint density at radius 1 is 1.06 bits per heavy atom. The van der Waals surface area contributed by atoms with Crippen LogP contribution in [-0.4, -0.2) is 87.6 Å². The van der Waals surface area contributed by atoms with E-state index in [0.29, 0.717) is 76.2 Å². The molecule has 2 fully saturated rings. The van der Waals surface area contributed by atoms with Crippen LogP contribution >= 0.6 is 0 Å². The molecule has 2 aliphatic heterocycles. The first-order valence-corrected chi connectivity index (χ1v) is 12.7. The summed E-state index contributed by atoms with van der Waals surface area (Å²) in [6, 6.07) is 10.6. The highest BCUT2D eigenvalue weighted by molar-refractivity contribution is 7.89. The molecule has 3 heterocycles. The number of aromatic nitrogens is 1. The van der Waals surface area contributed by atoms with Crippen molar-refractivity contribution in [3.05, 3.63) is 48.2 Å². The molecule has 0 spiro atoms. The third kappa shape index (κ3) is 5.45. The molecule has 2 saturated heterocycles. The summed E-state index contributed by atoms with van der Waals surface area (Å²) in [6.45, 7) is 6.56. The van der Waals surface area contributed by atoms with Gasteiger partial charge in [0, 0.05) is 51.0 Å². The van der Waals surface area contributed by atoms with E-state index in [0.717, 1.165) is 6.42 Å². The first-order valence-electron chi connectivity index (χ1n) is 11.3. The molecule has 0 saturated carbocycles. The van der Waals surface area contributed by atoms with Crippen molar-refractivity contribution >= 4 is 21.7 Å². The highest BCUT2D eigenvalue weighted by Crippen LogP contribution is 2.21. The van der Waals surface area contributed by atoms with Crippen LogP contribution in [-0.2, 0) is 14.8 Å². The molecular weight excluding hydrogens is 444 g/mol. The molecular formula is C23H30N4O5S. The second-order valence-corrected chi connectivity index (χ2v) is 9.96. The van der Waals surface area contributed by atoms with E-state index in [4.69, 9.17) is 9.47 Å². The normalized spacial score (nSPS) is 17.7. The first-order chi connectivity index (χ1) is 16.0. The van der Waals surface area contributed by atoms with Gasteiger partial charge in [0.1, 0.15) is 16.5 Å². The maximum atomic E-state index is 12.9. The van der Waals surface area contributed by atoms with E-state index in [9.17, 15) is 13.2 Å². The van der Waals surface area contributed by atoms with Crippen molar-refractivity contribution in [2.45, 2.75) is 18.2 Å². The van der Waals surface area contributed by atoms with Crippen molar-refractivity contribution < 1.29 is 22.7 Å². The number of benzene rings is 1. The molecule has 4 rings (SSSR count). The molecule has 2 aliphatic rings. The molecule has 1 aromatic carbocycles. The van der Waals surface area contributed by atoms with Gasteiger partial charge in [-0.15, -0.1) is 0 Å². The van der Waals surface area contributed by atoms with Gasteiger partial charge in [0.05, 0.1) is 19.8 Å². The van der Waals surface area contributed by atoms with Crippen LogP contribution in [0, 0.1) is 0 Å². The summed E-state index contributed by atoms with van der Waals surface area (Å²) in [4.78, 5) is 21.4. The first kappa shape index (κ1) is 23.5. The van der Waals surface area contributed by atoms with Crippen molar-refractivity contribution in [2.75, 3.05) is 64.0 Å². The van der Waals surface area contributed by atoms with Crippen LogP contribution in [0.5, 0.6) is 5.75 Å². The van der Waals surface area contributed by atoms with Crippen LogP contribution < -0.4 is 9.64 Å².